The van der Waals surface area contributed by atoms with Crippen LogP contribution in [0.1, 0.15) is 16.9 Å². The zero-order valence-electron chi connectivity index (χ0n) is 18.6. The van der Waals surface area contributed by atoms with Crippen LogP contribution in [0.4, 0.5) is 10.5 Å². The summed E-state index contributed by atoms with van der Waals surface area (Å²) in [6, 6.07) is 19.2. The lowest BCUT2D eigenvalue weighted by Crippen LogP contribution is -2.44. The van der Waals surface area contributed by atoms with E-state index in [0.29, 0.717) is 30.2 Å². The predicted molar refractivity (Wildman–Crippen MR) is 134 cm³/mol. The third-order valence-electron chi connectivity index (χ3n) is 6.80. The number of urea groups is 1. The van der Waals surface area contributed by atoms with E-state index in [1.807, 2.05) is 41.3 Å². The van der Waals surface area contributed by atoms with Crippen molar-refractivity contribution < 1.29 is 9.59 Å². The third kappa shape index (κ3) is 3.76. The second-order valence-electron chi connectivity index (χ2n) is 8.86. The van der Waals surface area contributed by atoms with E-state index in [2.05, 4.69) is 10.3 Å². The standard InChI is InChI=1S/C26H22ClN5O3/c27-17-4-9-20-16(13-17)14-22(28-20)25(34)29-21-10-12-31-23(21)15-32(26(31)35)19-7-5-18(6-8-19)30-11-2-1-3-24(30)33/h1-9,11,13-14,21,23,28H,10,12,15H2,(H,29,34)/t21-,23-/m1/s1. The van der Waals surface area contributed by atoms with Crippen molar-refractivity contribution in [1.82, 2.24) is 19.8 Å². The molecular weight excluding hydrogens is 466 g/mol. The highest BCUT2D eigenvalue weighted by molar-refractivity contribution is 6.31. The first-order chi connectivity index (χ1) is 17.0. The summed E-state index contributed by atoms with van der Waals surface area (Å²) in [5.41, 5.74) is 2.69. The van der Waals surface area contributed by atoms with E-state index in [0.717, 1.165) is 22.3 Å². The van der Waals surface area contributed by atoms with Gasteiger partial charge >= 0.3 is 6.03 Å². The van der Waals surface area contributed by atoms with Gasteiger partial charge in [-0.1, -0.05) is 17.7 Å². The number of hydrogen-bond donors (Lipinski definition) is 2. The Labute approximate surface area is 205 Å². The number of carbonyl (C=O) groups excluding carboxylic acids is 2. The van der Waals surface area contributed by atoms with Gasteiger partial charge in [-0.2, -0.15) is 0 Å². The number of fused-ring (bicyclic) bond motifs is 2. The molecule has 3 amide bonds. The average Bonchev–Trinajstić information content (AvgIpc) is 3.55. The Kier molecular flexibility index (Phi) is 5.11. The van der Waals surface area contributed by atoms with Gasteiger partial charge in [-0.25, -0.2) is 4.79 Å². The molecule has 0 radical (unpaired) electrons. The first-order valence-electron chi connectivity index (χ1n) is 11.4. The van der Waals surface area contributed by atoms with Crippen LogP contribution >= 0.6 is 11.6 Å². The number of carbonyl (C=O) groups is 2. The molecule has 2 N–H and O–H groups in total. The number of nitrogens with one attached hydrogen (secondary N) is 2. The van der Waals surface area contributed by atoms with Gasteiger partial charge in [0, 0.05) is 46.1 Å². The van der Waals surface area contributed by atoms with Crippen molar-refractivity contribution in [2.75, 3.05) is 18.0 Å². The Hall–Kier alpha value is -4.04. The highest BCUT2D eigenvalue weighted by Gasteiger charge is 2.46. The SMILES string of the molecule is O=C(N[C@@H]1CCN2C(=O)N(c3ccc(-n4ccccc4=O)cc3)C[C@H]12)c1cc2cc(Cl)ccc2[nH]1. The largest absolute Gasteiger partial charge is 0.351 e. The third-order valence-corrected chi connectivity index (χ3v) is 7.03. The number of anilines is 1. The molecule has 0 saturated carbocycles. The van der Waals surface area contributed by atoms with Crippen LogP contribution in [0, 0.1) is 0 Å². The Morgan fingerprint density at radius 3 is 2.60 bits per heavy atom. The average molecular weight is 488 g/mol. The van der Waals surface area contributed by atoms with Crippen LogP contribution in [0.25, 0.3) is 16.6 Å². The summed E-state index contributed by atoms with van der Waals surface area (Å²) in [7, 11) is 0. The molecule has 0 unspecified atom stereocenters. The molecule has 2 fully saturated rings. The molecule has 8 nitrogen and oxygen atoms in total. The lowest BCUT2D eigenvalue weighted by Gasteiger charge is -2.20. The van der Waals surface area contributed by atoms with E-state index in [-0.39, 0.29) is 29.6 Å². The number of aromatic nitrogens is 2. The molecule has 35 heavy (non-hydrogen) atoms. The monoisotopic (exact) mass is 487 g/mol. The van der Waals surface area contributed by atoms with Crippen molar-refractivity contribution in [3.05, 3.63) is 94.0 Å². The highest BCUT2D eigenvalue weighted by atomic mass is 35.5. The summed E-state index contributed by atoms with van der Waals surface area (Å²) in [6.07, 6.45) is 2.42. The Balaban J connectivity index is 1.18. The molecule has 6 rings (SSSR count). The van der Waals surface area contributed by atoms with Crippen molar-refractivity contribution in [3.8, 4) is 5.69 Å². The lowest BCUT2D eigenvalue weighted by molar-refractivity contribution is 0.0927. The van der Waals surface area contributed by atoms with Crippen LogP contribution < -0.4 is 15.8 Å². The first kappa shape index (κ1) is 21.5. The van der Waals surface area contributed by atoms with Crippen LogP contribution in [0.5, 0.6) is 0 Å². The summed E-state index contributed by atoms with van der Waals surface area (Å²) in [5, 5.41) is 4.60. The molecule has 2 saturated heterocycles. The van der Waals surface area contributed by atoms with Crippen LogP contribution in [-0.4, -0.2) is 51.6 Å². The van der Waals surface area contributed by atoms with Gasteiger partial charge in [0.1, 0.15) is 5.69 Å². The highest BCUT2D eigenvalue weighted by Crippen LogP contribution is 2.31. The maximum Gasteiger partial charge on any atom is 0.324 e. The molecule has 9 heteroatoms. The van der Waals surface area contributed by atoms with E-state index in [9.17, 15) is 14.4 Å². The Bertz CT molecular complexity index is 1510. The van der Waals surface area contributed by atoms with E-state index in [1.54, 1.807) is 39.9 Å². The van der Waals surface area contributed by atoms with Gasteiger partial charge in [0.2, 0.25) is 0 Å². The van der Waals surface area contributed by atoms with Crippen LogP contribution in [0.2, 0.25) is 5.02 Å². The van der Waals surface area contributed by atoms with Gasteiger partial charge in [-0.05, 0) is 61.0 Å². The number of amides is 3. The van der Waals surface area contributed by atoms with Gasteiger partial charge in [-0.3, -0.25) is 19.1 Å². The topological polar surface area (TPSA) is 90.4 Å². The number of rotatable bonds is 4. The minimum Gasteiger partial charge on any atom is -0.351 e. The molecule has 2 aliphatic heterocycles. The smallest absolute Gasteiger partial charge is 0.324 e. The molecule has 4 heterocycles. The number of hydrogen-bond acceptors (Lipinski definition) is 3. The molecule has 2 aliphatic rings. The zero-order valence-corrected chi connectivity index (χ0v) is 19.4. The molecule has 0 bridgehead atoms. The summed E-state index contributed by atoms with van der Waals surface area (Å²) in [6.45, 7) is 1.07. The maximum atomic E-state index is 13.1. The quantitative estimate of drug-likeness (QED) is 0.459. The van der Waals surface area contributed by atoms with Crippen LogP contribution in [-0.2, 0) is 0 Å². The molecule has 2 aromatic heterocycles. The molecule has 0 aliphatic carbocycles. The normalized spacial score (nSPS) is 19.4. The second kappa shape index (κ2) is 8.32. The second-order valence-corrected chi connectivity index (χ2v) is 9.30. The van der Waals surface area contributed by atoms with Crippen molar-refractivity contribution in [2.24, 2.45) is 0 Å². The van der Waals surface area contributed by atoms with Gasteiger partial charge in [0.25, 0.3) is 11.5 Å². The van der Waals surface area contributed by atoms with Crippen molar-refractivity contribution in [1.29, 1.82) is 0 Å². The van der Waals surface area contributed by atoms with E-state index >= 15 is 0 Å². The number of nitrogens with zero attached hydrogens (tertiary/aromatic N) is 3. The molecule has 2 atom stereocenters. The van der Waals surface area contributed by atoms with Crippen LogP contribution in [0.15, 0.2) is 77.7 Å². The molecule has 176 valence electrons. The Morgan fingerprint density at radius 2 is 1.80 bits per heavy atom. The lowest BCUT2D eigenvalue weighted by atomic mass is 10.1. The summed E-state index contributed by atoms with van der Waals surface area (Å²) in [5.74, 6) is -0.201. The minimum atomic E-state index is -0.201. The van der Waals surface area contributed by atoms with Gasteiger partial charge in [0.05, 0.1) is 18.6 Å². The van der Waals surface area contributed by atoms with Crippen molar-refractivity contribution >= 4 is 40.1 Å². The van der Waals surface area contributed by atoms with E-state index in [4.69, 9.17) is 11.6 Å². The Morgan fingerprint density at radius 1 is 1.00 bits per heavy atom. The fourth-order valence-corrected chi connectivity index (χ4v) is 5.21. The zero-order chi connectivity index (χ0) is 24.1. The van der Waals surface area contributed by atoms with Crippen molar-refractivity contribution in [2.45, 2.75) is 18.5 Å². The van der Waals surface area contributed by atoms with Gasteiger partial charge in [-0.15, -0.1) is 0 Å². The van der Waals surface area contributed by atoms with Crippen LogP contribution in [0.3, 0.4) is 0 Å². The number of aromatic amines is 1. The van der Waals surface area contributed by atoms with Gasteiger partial charge in [0.15, 0.2) is 0 Å². The minimum absolute atomic E-state index is 0.0726. The fourth-order valence-electron chi connectivity index (χ4n) is 5.03. The first-order valence-corrected chi connectivity index (χ1v) is 11.8. The molecule has 2 aromatic carbocycles. The van der Waals surface area contributed by atoms with Crippen molar-refractivity contribution in [3.63, 3.8) is 0 Å². The molecule has 0 spiro atoms. The molecule has 4 aromatic rings. The van der Waals surface area contributed by atoms with Gasteiger partial charge < -0.3 is 15.2 Å². The fraction of sp³-hybridized carbons (Fsp3) is 0.192. The molecular formula is C26H22ClN5O3. The number of H-pyrrole nitrogens is 1. The summed E-state index contributed by atoms with van der Waals surface area (Å²) < 4.78 is 1.55. The number of pyridine rings is 1. The van der Waals surface area contributed by atoms with E-state index < -0.39 is 0 Å². The number of halogens is 1. The summed E-state index contributed by atoms with van der Waals surface area (Å²) in [4.78, 5) is 44.8. The summed E-state index contributed by atoms with van der Waals surface area (Å²) >= 11 is 6.06. The maximum absolute atomic E-state index is 13.1. The predicted octanol–water partition coefficient (Wildman–Crippen LogP) is 3.79. The van der Waals surface area contributed by atoms with E-state index in [1.165, 1.54) is 6.07 Å². The number of benzene rings is 2.